The number of hydrogen-bond acceptors (Lipinski definition) is 4. The van der Waals surface area contributed by atoms with Crippen molar-refractivity contribution in [1.29, 1.82) is 0 Å². The summed E-state index contributed by atoms with van der Waals surface area (Å²) in [4.78, 5) is 12.4. The van der Waals surface area contributed by atoms with Crippen LogP contribution < -0.4 is 5.32 Å². The lowest BCUT2D eigenvalue weighted by molar-refractivity contribution is 0.102. The molecular formula is C17H16Cl2N2O4S. The van der Waals surface area contributed by atoms with Crippen LogP contribution in [0.2, 0.25) is 10.0 Å². The fourth-order valence-electron chi connectivity index (χ4n) is 2.72. The van der Waals surface area contributed by atoms with Crippen molar-refractivity contribution in [2.24, 2.45) is 0 Å². The Morgan fingerprint density at radius 3 is 2.50 bits per heavy atom. The van der Waals surface area contributed by atoms with Crippen LogP contribution in [0.3, 0.4) is 0 Å². The molecule has 138 valence electrons. The van der Waals surface area contributed by atoms with Gasteiger partial charge in [0.25, 0.3) is 5.91 Å². The monoisotopic (exact) mass is 414 g/mol. The number of halogens is 2. The first-order valence-corrected chi connectivity index (χ1v) is 10.1. The van der Waals surface area contributed by atoms with Gasteiger partial charge in [-0.25, -0.2) is 8.42 Å². The first-order chi connectivity index (χ1) is 12.3. The first-order valence-electron chi connectivity index (χ1n) is 7.89. The highest BCUT2D eigenvalue weighted by molar-refractivity contribution is 7.89. The number of anilines is 1. The minimum absolute atomic E-state index is 0.00434. The molecule has 9 heteroatoms. The van der Waals surface area contributed by atoms with Crippen molar-refractivity contribution in [3.8, 4) is 5.75 Å². The maximum atomic E-state index is 12.6. The Balaban J connectivity index is 1.91. The highest BCUT2D eigenvalue weighted by Crippen LogP contribution is 2.31. The number of amides is 1. The molecule has 1 aliphatic heterocycles. The van der Waals surface area contributed by atoms with Gasteiger partial charge in [-0.1, -0.05) is 29.3 Å². The highest BCUT2D eigenvalue weighted by Gasteiger charge is 2.28. The molecule has 0 spiro atoms. The minimum atomic E-state index is -3.67. The van der Waals surface area contributed by atoms with E-state index in [0.29, 0.717) is 13.1 Å². The first kappa shape index (κ1) is 19.0. The molecule has 2 aromatic rings. The summed E-state index contributed by atoms with van der Waals surface area (Å²) in [5.74, 6) is -0.861. The van der Waals surface area contributed by atoms with Crippen LogP contribution in [-0.2, 0) is 10.0 Å². The molecule has 1 heterocycles. The van der Waals surface area contributed by atoms with Gasteiger partial charge in [0.05, 0.1) is 26.2 Å². The molecule has 0 bridgehead atoms. The molecule has 1 amide bonds. The molecule has 0 unspecified atom stereocenters. The highest BCUT2D eigenvalue weighted by atomic mass is 35.5. The van der Waals surface area contributed by atoms with Gasteiger partial charge >= 0.3 is 0 Å². The zero-order chi connectivity index (χ0) is 18.9. The number of phenols is 1. The number of hydrogen-bond donors (Lipinski definition) is 2. The standard InChI is InChI=1S/C17H16Cl2N2O4S/c18-13-5-3-4-12(16(13)19)17(23)20-14-10-11(6-7-15(14)22)26(24,25)21-8-1-2-9-21/h3-7,10,22H,1-2,8-9H2,(H,20,23). The van der Waals surface area contributed by atoms with E-state index in [-0.39, 0.29) is 31.9 Å². The molecule has 6 nitrogen and oxygen atoms in total. The molecule has 3 rings (SSSR count). The third kappa shape index (κ3) is 3.66. The van der Waals surface area contributed by atoms with Crippen molar-refractivity contribution in [2.75, 3.05) is 18.4 Å². The Morgan fingerprint density at radius 1 is 1.12 bits per heavy atom. The van der Waals surface area contributed by atoms with Crippen LogP contribution in [0, 0.1) is 0 Å². The molecule has 2 aromatic carbocycles. The molecule has 0 saturated carbocycles. The van der Waals surface area contributed by atoms with Crippen molar-refractivity contribution in [1.82, 2.24) is 4.31 Å². The number of benzene rings is 2. The zero-order valence-electron chi connectivity index (χ0n) is 13.6. The maximum Gasteiger partial charge on any atom is 0.257 e. The normalized spacial score (nSPS) is 15.2. The summed E-state index contributed by atoms with van der Waals surface area (Å²) < 4.78 is 26.7. The maximum absolute atomic E-state index is 12.6. The Hall–Kier alpha value is -1.80. The molecular weight excluding hydrogens is 399 g/mol. The lowest BCUT2D eigenvalue weighted by Gasteiger charge is -2.17. The second-order valence-corrected chi connectivity index (χ2v) is 8.57. The Bertz CT molecular complexity index is 957. The van der Waals surface area contributed by atoms with E-state index in [1.165, 1.54) is 28.6 Å². The summed E-state index contributed by atoms with van der Waals surface area (Å²) in [6.45, 7) is 0.923. The van der Waals surface area contributed by atoms with Gasteiger partial charge in [0.1, 0.15) is 5.75 Å². The number of aromatic hydroxyl groups is 1. The molecule has 0 aromatic heterocycles. The van der Waals surface area contributed by atoms with Crippen molar-refractivity contribution in [3.63, 3.8) is 0 Å². The quantitative estimate of drug-likeness (QED) is 0.745. The van der Waals surface area contributed by atoms with Gasteiger partial charge in [0.15, 0.2) is 0 Å². The summed E-state index contributed by atoms with van der Waals surface area (Å²) in [7, 11) is -3.67. The van der Waals surface area contributed by atoms with Gasteiger partial charge in [0.2, 0.25) is 10.0 Å². The van der Waals surface area contributed by atoms with Crippen LogP contribution in [0.4, 0.5) is 5.69 Å². The molecule has 1 aliphatic rings. The fourth-order valence-corrected chi connectivity index (χ4v) is 4.65. The van der Waals surface area contributed by atoms with E-state index >= 15 is 0 Å². The third-order valence-corrected chi connectivity index (χ3v) is 6.83. The Labute approximate surface area is 161 Å². The SMILES string of the molecule is O=C(Nc1cc(S(=O)(=O)N2CCCC2)ccc1O)c1cccc(Cl)c1Cl. The fraction of sp³-hybridized carbons (Fsp3) is 0.235. The third-order valence-electron chi connectivity index (χ3n) is 4.12. The van der Waals surface area contributed by atoms with Gasteiger partial charge in [0, 0.05) is 13.1 Å². The van der Waals surface area contributed by atoms with Gasteiger partial charge in [-0.15, -0.1) is 0 Å². The number of rotatable bonds is 4. The smallest absolute Gasteiger partial charge is 0.257 e. The number of nitrogens with zero attached hydrogens (tertiary/aromatic N) is 1. The van der Waals surface area contributed by atoms with Crippen LogP contribution in [0.15, 0.2) is 41.3 Å². The van der Waals surface area contributed by atoms with E-state index in [1.54, 1.807) is 12.1 Å². The zero-order valence-corrected chi connectivity index (χ0v) is 15.9. The number of carbonyl (C=O) groups is 1. The van der Waals surface area contributed by atoms with Gasteiger partial charge < -0.3 is 10.4 Å². The molecule has 26 heavy (non-hydrogen) atoms. The molecule has 2 N–H and O–H groups in total. The predicted octanol–water partition coefficient (Wildman–Crippen LogP) is 3.74. The summed E-state index contributed by atoms with van der Waals surface area (Å²) in [6, 6.07) is 8.37. The van der Waals surface area contributed by atoms with Crippen molar-refractivity contribution < 1.29 is 18.3 Å². The van der Waals surface area contributed by atoms with Crippen molar-refractivity contribution in [2.45, 2.75) is 17.7 Å². The summed E-state index contributed by atoms with van der Waals surface area (Å²) in [5, 5.41) is 12.8. The van der Waals surface area contributed by atoms with Crippen LogP contribution >= 0.6 is 23.2 Å². The molecule has 0 atom stereocenters. The average Bonchev–Trinajstić information content (AvgIpc) is 3.14. The van der Waals surface area contributed by atoms with Crippen LogP contribution in [0.5, 0.6) is 5.75 Å². The molecule has 1 saturated heterocycles. The predicted molar refractivity (Wildman–Crippen MR) is 101 cm³/mol. The number of carbonyl (C=O) groups excluding carboxylic acids is 1. The lowest BCUT2D eigenvalue weighted by atomic mass is 10.2. The summed E-state index contributed by atoms with van der Waals surface area (Å²) in [6.07, 6.45) is 1.63. The topological polar surface area (TPSA) is 86.7 Å². The Morgan fingerprint density at radius 2 is 1.81 bits per heavy atom. The van der Waals surface area contributed by atoms with E-state index in [1.807, 2.05) is 0 Å². The second-order valence-electron chi connectivity index (χ2n) is 5.85. The number of sulfonamides is 1. The molecule has 0 radical (unpaired) electrons. The average molecular weight is 415 g/mol. The Kier molecular flexibility index (Phi) is 5.43. The van der Waals surface area contributed by atoms with Crippen LogP contribution in [0.1, 0.15) is 23.2 Å². The van der Waals surface area contributed by atoms with E-state index < -0.39 is 15.9 Å². The van der Waals surface area contributed by atoms with Gasteiger partial charge in [-0.3, -0.25) is 4.79 Å². The van der Waals surface area contributed by atoms with Crippen LogP contribution in [-0.4, -0.2) is 36.8 Å². The van der Waals surface area contributed by atoms with Crippen LogP contribution in [0.25, 0.3) is 0 Å². The van der Waals surface area contributed by atoms with E-state index in [9.17, 15) is 18.3 Å². The van der Waals surface area contributed by atoms with Crippen molar-refractivity contribution in [3.05, 3.63) is 52.0 Å². The largest absolute Gasteiger partial charge is 0.506 e. The molecule has 1 fully saturated rings. The summed E-state index contributed by atoms with van der Waals surface area (Å²) >= 11 is 11.9. The van der Waals surface area contributed by atoms with E-state index in [2.05, 4.69) is 5.32 Å². The minimum Gasteiger partial charge on any atom is -0.506 e. The lowest BCUT2D eigenvalue weighted by Crippen LogP contribution is -2.28. The second kappa shape index (κ2) is 7.44. The van der Waals surface area contributed by atoms with Crippen molar-refractivity contribution >= 4 is 44.8 Å². The summed E-state index contributed by atoms with van der Waals surface area (Å²) in [5.41, 5.74) is 0.0951. The number of nitrogens with one attached hydrogen (secondary N) is 1. The van der Waals surface area contributed by atoms with Gasteiger partial charge in [-0.05, 0) is 43.2 Å². The molecule has 0 aliphatic carbocycles. The van der Waals surface area contributed by atoms with E-state index in [4.69, 9.17) is 23.2 Å². The van der Waals surface area contributed by atoms with E-state index in [0.717, 1.165) is 12.8 Å². The number of phenolic OH excluding ortho intramolecular Hbond substituents is 1. The van der Waals surface area contributed by atoms with Gasteiger partial charge in [-0.2, -0.15) is 4.31 Å².